The van der Waals surface area contributed by atoms with Crippen molar-refractivity contribution in [2.75, 3.05) is 54.8 Å². The topological polar surface area (TPSA) is 263 Å². The molecule has 20 heteroatoms. The first-order valence-corrected chi connectivity index (χ1v) is 21.1. The quantitative estimate of drug-likeness (QED) is 0.0356. The number of nitrogens with zero attached hydrogens (tertiary/aromatic N) is 6. The molecule has 0 aliphatic rings. The number of hydrogen-bond acceptors (Lipinski definition) is 17. The van der Waals surface area contributed by atoms with E-state index in [4.69, 9.17) is 37.1 Å². The summed E-state index contributed by atoms with van der Waals surface area (Å²) >= 11 is 10.3. The standard InChI is InChI=1S/C20H20BrN5O3S.C19H18BrN5O3S/c1-28-20(27)18-19(23)25-11-16(26-18)13-9-12(3-4-14(13)21)29-7-2-8-30-17-5-6-24-10-15(17)22;20-13-3-2-11(28-6-1-7-29-16-4-5-23-9-14(16)21)8-12(13)15-10-24-18(22)17(25-15)19(26)27/h3-6,9-11H,2,7-8,22H2,1H3,(H2,23,25);2-5,8-10H,1,6-7,21H2,(H2,22,24)(H,26,27). The Bertz CT molecular complexity index is 2420. The molecule has 0 spiro atoms. The van der Waals surface area contributed by atoms with Gasteiger partial charge in [-0.25, -0.2) is 29.5 Å². The lowest BCUT2D eigenvalue weighted by molar-refractivity contribution is 0.0594. The molecular formula is C39H38Br2N10O6S2. The van der Waals surface area contributed by atoms with Gasteiger partial charge in [0.05, 0.1) is 67.9 Å². The Morgan fingerprint density at radius 1 is 0.678 bits per heavy atom. The van der Waals surface area contributed by atoms with Gasteiger partial charge in [0, 0.05) is 53.8 Å². The van der Waals surface area contributed by atoms with E-state index in [1.807, 2.05) is 42.5 Å². The maximum Gasteiger partial charge on any atom is 0.360 e. The summed E-state index contributed by atoms with van der Waals surface area (Å²) in [4.78, 5) is 49.4. The number of carbonyl (C=O) groups excluding carboxylic acids is 1. The summed E-state index contributed by atoms with van der Waals surface area (Å²) in [5.41, 5.74) is 26.4. The van der Waals surface area contributed by atoms with Gasteiger partial charge < -0.3 is 42.3 Å². The highest BCUT2D eigenvalue weighted by Gasteiger charge is 2.18. The van der Waals surface area contributed by atoms with Gasteiger partial charge in [-0.3, -0.25) is 9.97 Å². The fourth-order valence-electron chi connectivity index (χ4n) is 4.95. The van der Waals surface area contributed by atoms with Gasteiger partial charge in [0.2, 0.25) is 0 Å². The van der Waals surface area contributed by atoms with Crippen molar-refractivity contribution in [3.05, 3.63) is 106 Å². The minimum atomic E-state index is -1.23. The summed E-state index contributed by atoms with van der Waals surface area (Å²) in [6.45, 7) is 1.06. The molecule has 6 rings (SSSR count). The monoisotopic (exact) mass is 964 g/mol. The highest BCUT2D eigenvalue weighted by atomic mass is 79.9. The van der Waals surface area contributed by atoms with Crippen LogP contribution in [0, 0.1) is 0 Å². The average molecular weight is 967 g/mol. The first-order chi connectivity index (χ1) is 28.4. The zero-order valence-electron chi connectivity index (χ0n) is 31.4. The van der Waals surface area contributed by atoms with Crippen molar-refractivity contribution in [2.24, 2.45) is 0 Å². The minimum absolute atomic E-state index is 0.0152. The number of nitrogen functional groups attached to an aromatic ring is 4. The van der Waals surface area contributed by atoms with Crippen LogP contribution in [0.25, 0.3) is 22.5 Å². The van der Waals surface area contributed by atoms with Crippen molar-refractivity contribution in [1.29, 1.82) is 0 Å². The second kappa shape index (κ2) is 21.9. The Morgan fingerprint density at radius 2 is 1.14 bits per heavy atom. The maximum atomic E-state index is 11.8. The van der Waals surface area contributed by atoms with Gasteiger partial charge in [-0.15, -0.1) is 23.5 Å². The molecule has 9 N–H and O–H groups in total. The largest absolute Gasteiger partial charge is 0.494 e. The predicted octanol–water partition coefficient (Wildman–Crippen LogP) is 7.54. The van der Waals surface area contributed by atoms with Gasteiger partial charge in [0.25, 0.3) is 0 Å². The minimum Gasteiger partial charge on any atom is -0.494 e. The third kappa shape index (κ3) is 12.6. The van der Waals surface area contributed by atoms with E-state index in [9.17, 15) is 14.7 Å². The molecule has 16 nitrogen and oxygen atoms in total. The zero-order valence-corrected chi connectivity index (χ0v) is 36.2. The van der Waals surface area contributed by atoms with Crippen molar-refractivity contribution in [1.82, 2.24) is 29.9 Å². The van der Waals surface area contributed by atoms with Crippen molar-refractivity contribution in [3.8, 4) is 34.0 Å². The Balaban J connectivity index is 0.000000224. The van der Waals surface area contributed by atoms with E-state index >= 15 is 0 Å². The van der Waals surface area contributed by atoms with Gasteiger partial charge in [-0.2, -0.15) is 0 Å². The maximum absolute atomic E-state index is 11.8. The van der Waals surface area contributed by atoms with E-state index in [1.165, 1.54) is 19.5 Å². The molecular weight excluding hydrogens is 928 g/mol. The van der Waals surface area contributed by atoms with Crippen LogP contribution in [0.15, 0.2) is 104 Å². The lowest BCUT2D eigenvalue weighted by atomic mass is 10.1. The van der Waals surface area contributed by atoms with Crippen LogP contribution < -0.4 is 32.4 Å². The normalized spacial score (nSPS) is 10.6. The van der Waals surface area contributed by atoms with E-state index in [-0.39, 0.29) is 23.0 Å². The molecule has 6 aromatic rings. The fraction of sp³-hybridized carbons (Fsp3) is 0.179. The van der Waals surface area contributed by atoms with Gasteiger partial charge >= 0.3 is 11.9 Å². The molecule has 0 radical (unpaired) electrons. The van der Waals surface area contributed by atoms with E-state index in [1.54, 1.807) is 54.4 Å². The molecule has 59 heavy (non-hydrogen) atoms. The van der Waals surface area contributed by atoms with Gasteiger partial charge in [0.1, 0.15) is 11.5 Å². The van der Waals surface area contributed by atoms with Crippen molar-refractivity contribution < 1.29 is 28.9 Å². The number of carboxylic acids is 1. The second-order valence-electron chi connectivity index (χ2n) is 12.0. The number of halogens is 2. The van der Waals surface area contributed by atoms with Crippen LogP contribution in [0.2, 0.25) is 0 Å². The molecule has 0 saturated heterocycles. The van der Waals surface area contributed by atoms with Crippen molar-refractivity contribution in [2.45, 2.75) is 22.6 Å². The van der Waals surface area contributed by atoms with Crippen LogP contribution >= 0.6 is 55.4 Å². The number of rotatable bonds is 16. The van der Waals surface area contributed by atoms with E-state index < -0.39 is 11.9 Å². The molecule has 0 bridgehead atoms. The number of aromatic nitrogens is 6. The van der Waals surface area contributed by atoms with Gasteiger partial charge in [-0.05, 0) is 61.4 Å². The number of carbonyl (C=O) groups is 2. The number of anilines is 4. The van der Waals surface area contributed by atoms with Gasteiger partial charge in [0.15, 0.2) is 23.0 Å². The van der Waals surface area contributed by atoms with Crippen molar-refractivity contribution in [3.63, 3.8) is 0 Å². The van der Waals surface area contributed by atoms with Crippen LogP contribution in [0.3, 0.4) is 0 Å². The number of esters is 1. The highest BCUT2D eigenvalue weighted by molar-refractivity contribution is 9.11. The number of carboxylic acid groups (broad SMARTS) is 1. The molecule has 306 valence electrons. The number of nitrogens with two attached hydrogens (primary N) is 4. The molecule has 2 aromatic carbocycles. The highest BCUT2D eigenvalue weighted by Crippen LogP contribution is 2.33. The SMILES string of the molecule is COC(=O)c1nc(-c2cc(OCCCSc3ccncc3N)ccc2Br)cnc1N.Nc1cnccc1SCCCOc1ccc(Br)c(-c2cnc(N)c(C(=O)O)n2)c1. The molecule has 4 heterocycles. The zero-order chi connectivity index (χ0) is 42.3. The Kier molecular flexibility index (Phi) is 16.5. The number of ether oxygens (including phenoxy) is 3. The Morgan fingerprint density at radius 3 is 1.58 bits per heavy atom. The summed E-state index contributed by atoms with van der Waals surface area (Å²) in [5, 5.41) is 9.19. The summed E-state index contributed by atoms with van der Waals surface area (Å²) in [6, 6.07) is 14.8. The molecule has 0 atom stereocenters. The third-order valence-electron chi connectivity index (χ3n) is 7.86. The summed E-state index contributed by atoms with van der Waals surface area (Å²) in [7, 11) is 1.27. The fourth-order valence-corrected chi connectivity index (χ4v) is 7.57. The summed E-state index contributed by atoms with van der Waals surface area (Å²) < 4.78 is 17.9. The smallest absolute Gasteiger partial charge is 0.360 e. The summed E-state index contributed by atoms with van der Waals surface area (Å²) in [5.74, 6) is 1.06. The number of benzene rings is 2. The van der Waals surface area contributed by atoms with Crippen LogP contribution in [0.4, 0.5) is 23.0 Å². The van der Waals surface area contributed by atoms with E-state index in [2.05, 4.69) is 61.8 Å². The predicted molar refractivity (Wildman–Crippen MR) is 236 cm³/mol. The number of methoxy groups -OCH3 is 1. The van der Waals surface area contributed by atoms with E-state index in [0.29, 0.717) is 53.0 Å². The number of pyridine rings is 2. The molecule has 0 unspecified atom stereocenters. The van der Waals surface area contributed by atoms with Crippen molar-refractivity contribution >= 4 is 90.3 Å². The lowest BCUT2D eigenvalue weighted by Gasteiger charge is -2.11. The second-order valence-corrected chi connectivity index (χ2v) is 16.0. The third-order valence-corrected chi connectivity index (χ3v) is 11.6. The molecule has 0 saturated carbocycles. The summed E-state index contributed by atoms with van der Waals surface area (Å²) in [6.07, 6.45) is 11.3. The number of thioether (sulfide) groups is 2. The Hall–Kier alpha value is -5.70. The molecule has 0 aliphatic heterocycles. The van der Waals surface area contributed by atoms with Gasteiger partial charge in [-0.1, -0.05) is 31.9 Å². The lowest BCUT2D eigenvalue weighted by Crippen LogP contribution is -2.10. The average Bonchev–Trinajstić information content (AvgIpc) is 3.23. The molecule has 4 aromatic heterocycles. The van der Waals surface area contributed by atoms with Crippen LogP contribution in [0.1, 0.15) is 33.8 Å². The first-order valence-electron chi connectivity index (χ1n) is 17.5. The number of aromatic carboxylic acids is 1. The van der Waals surface area contributed by atoms with Crippen LogP contribution in [0.5, 0.6) is 11.5 Å². The molecule has 0 aliphatic carbocycles. The van der Waals surface area contributed by atoms with E-state index in [0.717, 1.165) is 48.6 Å². The molecule has 0 amide bonds. The first kappa shape index (κ1) is 44.4. The van der Waals surface area contributed by atoms with Crippen LogP contribution in [-0.2, 0) is 4.74 Å². The number of hydrogen-bond donors (Lipinski definition) is 5. The van der Waals surface area contributed by atoms with Crippen LogP contribution in [-0.4, -0.2) is 78.8 Å². The molecule has 0 fully saturated rings. The Labute approximate surface area is 364 Å².